The third-order valence-corrected chi connectivity index (χ3v) is 3.11. The highest BCUT2D eigenvalue weighted by molar-refractivity contribution is 5.96. The average Bonchev–Trinajstić information content (AvgIpc) is 2.46. The highest BCUT2D eigenvalue weighted by atomic mass is 19.1. The Balaban J connectivity index is 1.73. The Morgan fingerprint density at radius 1 is 1.19 bits per heavy atom. The molecule has 21 heavy (non-hydrogen) atoms. The number of nitrogens with one attached hydrogen (secondary N) is 2. The van der Waals surface area contributed by atoms with Gasteiger partial charge in [0.2, 0.25) is 0 Å². The van der Waals surface area contributed by atoms with Crippen molar-refractivity contribution in [3.63, 3.8) is 0 Å². The van der Waals surface area contributed by atoms with Gasteiger partial charge in [0.1, 0.15) is 17.4 Å². The van der Waals surface area contributed by atoms with Gasteiger partial charge in [0.15, 0.2) is 6.61 Å². The first-order chi connectivity index (χ1) is 10.1. The molecule has 0 spiro atoms. The summed E-state index contributed by atoms with van der Waals surface area (Å²) in [4.78, 5) is 11.3. The Kier molecular flexibility index (Phi) is 3.43. The van der Waals surface area contributed by atoms with Crippen molar-refractivity contribution in [3.8, 4) is 5.75 Å². The Morgan fingerprint density at radius 3 is 2.86 bits per heavy atom. The summed E-state index contributed by atoms with van der Waals surface area (Å²) in [6.07, 6.45) is 0. The van der Waals surface area contributed by atoms with E-state index in [2.05, 4.69) is 10.6 Å². The van der Waals surface area contributed by atoms with Crippen LogP contribution in [0, 0.1) is 11.6 Å². The second kappa shape index (κ2) is 5.40. The Labute approximate surface area is 119 Å². The minimum absolute atomic E-state index is 0.000561. The van der Waals surface area contributed by atoms with Gasteiger partial charge >= 0.3 is 0 Å². The van der Waals surface area contributed by atoms with Crippen LogP contribution < -0.4 is 15.4 Å². The maximum atomic E-state index is 13.5. The van der Waals surface area contributed by atoms with Gasteiger partial charge in [0.05, 0.1) is 5.69 Å². The van der Waals surface area contributed by atoms with Crippen molar-refractivity contribution >= 4 is 17.3 Å². The lowest BCUT2D eigenvalue weighted by molar-refractivity contribution is -0.118. The zero-order valence-electron chi connectivity index (χ0n) is 11.0. The third-order valence-electron chi connectivity index (χ3n) is 3.11. The highest BCUT2D eigenvalue weighted by Crippen LogP contribution is 2.30. The number of fused-ring (bicyclic) bond motifs is 1. The molecule has 1 amide bonds. The lowest BCUT2D eigenvalue weighted by atomic mass is 10.2. The summed E-state index contributed by atoms with van der Waals surface area (Å²) in [5, 5.41) is 5.71. The van der Waals surface area contributed by atoms with E-state index in [1.54, 1.807) is 18.2 Å². The molecule has 4 nitrogen and oxygen atoms in total. The molecule has 0 aromatic heterocycles. The molecule has 6 heteroatoms. The molecule has 2 aromatic carbocycles. The van der Waals surface area contributed by atoms with Gasteiger partial charge in [-0.15, -0.1) is 0 Å². The summed E-state index contributed by atoms with van der Waals surface area (Å²) in [7, 11) is 0. The van der Waals surface area contributed by atoms with Crippen LogP contribution in [0.2, 0.25) is 0 Å². The predicted molar refractivity (Wildman–Crippen MR) is 74.3 cm³/mol. The number of ether oxygens (including phenoxy) is 1. The molecule has 1 aliphatic heterocycles. The molecule has 0 bridgehead atoms. The van der Waals surface area contributed by atoms with E-state index in [0.29, 0.717) is 22.7 Å². The van der Waals surface area contributed by atoms with Crippen molar-refractivity contribution in [2.24, 2.45) is 0 Å². The number of hydrogen-bond acceptors (Lipinski definition) is 3. The second-order valence-electron chi connectivity index (χ2n) is 4.64. The van der Waals surface area contributed by atoms with Crippen molar-refractivity contribution < 1.29 is 18.3 Å². The minimum Gasteiger partial charge on any atom is -0.482 e. The number of hydrogen-bond donors (Lipinski definition) is 2. The molecule has 2 aromatic rings. The molecule has 3 rings (SSSR count). The first kappa shape index (κ1) is 13.4. The van der Waals surface area contributed by atoms with E-state index >= 15 is 0 Å². The predicted octanol–water partition coefficient (Wildman–Crippen LogP) is 2.91. The Bertz CT molecular complexity index is 704. The minimum atomic E-state index is -0.607. The van der Waals surface area contributed by atoms with E-state index in [1.165, 1.54) is 12.1 Å². The average molecular weight is 290 g/mol. The molecule has 0 saturated carbocycles. The molecule has 0 unspecified atom stereocenters. The van der Waals surface area contributed by atoms with Crippen LogP contribution in [-0.2, 0) is 11.3 Å². The number of anilines is 2. The third kappa shape index (κ3) is 2.94. The number of benzene rings is 2. The van der Waals surface area contributed by atoms with Crippen molar-refractivity contribution in [3.05, 3.63) is 53.6 Å². The molecular formula is C15H12F2N2O2. The molecule has 0 aliphatic carbocycles. The van der Waals surface area contributed by atoms with Crippen LogP contribution in [0.3, 0.4) is 0 Å². The van der Waals surface area contributed by atoms with Crippen molar-refractivity contribution in [1.29, 1.82) is 0 Å². The lowest BCUT2D eigenvalue weighted by Gasteiger charge is -2.19. The van der Waals surface area contributed by atoms with E-state index in [9.17, 15) is 13.6 Å². The van der Waals surface area contributed by atoms with Crippen LogP contribution in [0.25, 0.3) is 0 Å². The van der Waals surface area contributed by atoms with Crippen LogP contribution in [0.5, 0.6) is 5.75 Å². The van der Waals surface area contributed by atoms with Gasteiger partial charge in [0.25, 0.3) is 5.91 Å². The fourth-order valence-corrected chi connectivity index (χ4v) is 2.06. The van der Waals surface area contributed by atoms with Crippen molar-refractivity contribution in [2.75, 3.05) is 17.2 Å². The zero-order valence-corrected chi connectivity index (χ0v) is 11.0. The van der Waals surface area contributed by atoms with E-state index in [-0.39, 0.29) is 19.1 Å². The number of halogens is 2. The Morgan fingerprint density at radius 2 is 2.05 bits per heavy atom. The second-order valence-corrected chi connectivity index (χ2v) is 4.64. The molecular weight excluding hydrogens is 278 g/mol. The summed E-state index contributed by atoms with van der Waals surface area (Å²) in [6, 6.07) is 8.63. The number of amides is 1. The summed E-state index contributed by atoms with van der Waals surface area (Å²) >= 11 is 0. The molecule has 0 fully saturated rings. The number of carbonyl (C=O) groups is 1. The summed E-state index contributed by atoms with van der Waals surface area (Å²) in [5.41, 5.74) is 1.62. The van der Waals surface area contributed by atoms with Crippen LogP contribution in [-0.4, -0.2) is 12.5 Å². The van der Waals surface area contributed by atoms with E-state index in [0.717, 1.165) is 6.07 Å². The molecule has 108 valence electrons. The highest BCUT2D eigenvalue weighted by Gasteiger charge is 2.15. The standard InChI is InChI=1S/C15H12F2N2O2/c16-10-2-1-9(12(17)5-10)7-18-11-3-4-14-13(6-11)19-15(20)8-21-14/h1-6,18H,7-8H2,(H,19,20). The smallest absolute Gasteiger partial charge is 0.262 e. The van der Waals surface area contributed by atoms with Crippen LogP contribution >= 0.6 is 0 Å². The number of carbonyl (C=O) groups excluding carboxylic acids is 1. The fraction of sp³-hybridized carbons (Fsp3) is 0.133. The zero-order chi connectivity index (χ0) is 14.8. The van der Waals surface area contributed by atoms with Gasteiger partial charge in [-0.3, -0.25) is 4.79 Å². The SMILES string of the molecule is O=C1COc2ccc(NCc3ccc(F)cc3F)cc2N1. The van der Waals surface area contributed by atoms with Crippen LogP contribution in [0.4, 0.5) is 20.2 Å². The quantitative estimate of drug-likeness (QED) is 0.914. The van der Waals surface area contributed by atoms with E-state index in [1.807, 2.05) is 0 Å². The maximum absolute atomic E-state index is 13.5. The van der Waals surface area contributed by atoms with E-state index < -0.39 is 11.6 Å². The normalized spacial score (nSPS) is 13.1. The molecule has 0 radical (unpaired) electrons. The largest absolute Gasteiger partial charge is 0.482 e. The topological polar surface area (TPSA) is 50.4 Å². The van der Waals surface area contributed by atoms with Crippen LogP contribution in [0.1, 0.15) is 5.56 Å². The van der Waals surface area contributed by atoms with Gasteiger partial charge < -0.3 is 15.4 Å². The molecule has 1 heterocycles. The van der Waals surface area contributed by atoms with Gasteiger partial charge in [-0.05, 0) is 24.3 Å². The van der Waals surface area contributed by atoms with Gasteiger partial charge in [-0.1, -0.05) is 6.07 Å². The monoisotopic (exact) mass is 290 g/mol. The Hall–Kier alpha value is -2.63. The lowest BCUT2D eigenvalue weighted by Crippen LogP contribution is -2.25. The maximum Gasteiger partial charge on any atom is 0.262 e. The first-order valence-corrected chi connectivity index (χ1v) is 6.36. The summed E-state index contributed by atoms with van der Waals surface area (Å²) < 4.78 is 31.6. The summed E-state index contributed by atoms with van der Waals surface area (Å²) in [5.74, 6) is -0.834. The van der Waals surface area contributed by atoms with Crippen molar-refractivity contribution in [2.45, 2.75) is 6.54 Å². The molecule has 2 N–H and O–H groups in total. The van der Waals surface area contributed by atoms with Crippen molar-refractivity contribution in [1.82, 2.24) is 0 Å². The van der Waals surface area contributed by atoms with Gasteiger partial charge in [-0.25, -0.2) is 8.78 Å². The molecule has 1 aliphatic rings. The van der Waals surface area contributed by atoms with Gasteiger partial charge in [0, 0.05) is 23.9 Å². The first-order valence-electron chi connectivity index (χ1n) is 6.36. The summed E-state index contributed by atoms with van der Waals surface area (Å²) in [6.45, 7) is 0.209. The van der Waals surface area contributed by atoms with Gasteiger partial charge in [-0.2, -0.15) is 0 Å². The molecule has 0 atom stereocenters. The number of rotatable bonds is 3. The molecule has 0 saturated heterocycles. The van der Waals surface area contributed by atoms with E-state index in [4.69, 9.17) is 4.74 Å². The fourth-order valence-electron chi connectivity index (χ4n) is 2.06. The van der Waals surface area contributed by atoms with Crippen LogP contribution in [0.15, 0.2) is 36.4 Å².